The van der Waals surface area contributed by atoms with E-state index < -0.39 is 0 Å². The second-order valence-electron chi connectivity index (χ2n) is 5.76. The van der Waals surface area contributed by atoms with Crippen LogP contribution in [0.25, 0.3) is 0 Å². The standard InChI is InChI=1S/C15H26N2O2S2/c18-14(6-2-1-5-13-8-12-20-21-13)16-9-7-15(19)17-10-3-4-11-17/h13H,1-12H2,(H,16,18). The molecule has 120 valence electrons. The fraction of sp³-hybridized carbons (Fsp3) is 0.867. The summed E-state index contributed by atoms with van der Waals surface area (Å²) < 4.78 is 0. The Balaban J connectivity index is 1.44. The lowest BCUT2D eigenvalue weighted by Crippen LogP contribution is -2.32. The molecule has 4 nitrogen and oxygen atoms in total. The molecule has 6 heteroatoms. The summed E-state index contributed by atoms with van der Waals surface area (Å²) >= 11 is 0. The molecule has 0 aromatic rings. The molecule has 0 bridgehead atoms. The van der Waals surface area contributed by atoms with Gasteiger partial charge in [0.1, 0.15) is 0 Å². The van der Waals surface area contributed by atoms with Gasteiger partial charge in [-0.1, -0.05) is 28.0 Å². The first-order chi connectivity index (χ1) is 10.3. The van der Waals surface area contributed by atoms with Gasteiger partial charge < -0.3 is 10.2 Å². The van der Waals surface area contributed by atoms with Crippen LogP contribution in [-0.2, 0) is 9.59 Å². The van der Waals surface area contributed by atoms with E-state index in [1.54, 1.807) is 0 Å². The maximum Gasteiger partial charge on any atom is 0.224 e. The number of unbranched alkanes of at least 4 members (excludes halogenated alkanes) is 1. The summed E-state index contributed by atoms with van der Waals surface area (Å²) in [4.78, 5) is 25.4. The van der Waals surface area contributed by atoms with Crippen molar-refractivity contribution >= 4 is 33.4 Å². The summed E-state index contributed by atoms with van der Waals surface area (Å²) in [5.74, 6) is 1.56. The maximum atomic E-state index is 11.8. The Morgan fingerprint density at radius 1 is 1.14 bits per heavy atom. The van der Waals surface area contributed by atoms with Crippen molar-refractivity contribution in [1.29, 1.82) is 0 Å². The van der Waals surface area contributed by atoms with Crippen LogP contribution in [0.1, 0.15) is 51.4 Å². The molecule has 2 aliphatic heterocycles. The summed E-state index contributed by atoms with van der Waals surface area (Å²) in [7, 11) is 3.98. The van der Waals surface area contributed by atoms with Crippen LogP contribution >= 0.6 is 21.6 Å². The van der Waals surface area contributed by atoms with Crippen LogP contribution in [0.3, 0.4) is 0 Å². The normalized spacial score (nSPS) is 21.7. The van der Waals surface area contributed by atoms with Crippen molar-refractivity contribution in [1.82, 2.24) is 10.2 Å². The predicted molar refractivity (Wildman–Crippen MR) is 90.4 cm³/mol. The summed E-state index contributed by atoms with van der Waals surface area (Å²) in [6.07, 6.45) is 7.94. The molecule has 0 radical (unpaired) electrons. The summed E-state index contributed by atoms with van der Waals surface area (Å²) in [5.41, 5.74) is 0. The smallest absolute Gasteiger partial charge is 0.224 e. The molecule has 0 aromatic carbocycles. The lowest BCUT2D eigenvalue weighted by molar-refractivity contribution is -0.130. The lowest BCUT2D eigenvalue weighted by atomic mass is 10.1. The Bertz CT molecular complexity index is 341. The minimum absolute atomic E-state index is 0.0951. The monoisotopic (exact) mass is 330 g/mol. The number of likely N-dealkylation sites (tertiary alicyclic amines) is 1. The molecule has 2 aliphatic rings. The fourth-order valence-corrected chi connectivity index (χ4v) is 5.77. The number of hydrogen-bond acceptors (Lipinski definition) is 4. The van der Waals surface area contributed by atoms with Crippen LogP contribution in [0.15, 0.2) is 0 Å². The second kappa shape index (κ2) is 9.62. The van der Waals surface area contributed by atoms with E-state index in [-0.39, 0.29) is 11.8 Å². The zero-order valence-corrected chi connectivity index (χ0v) is 14.3. The minimum atomic E-state index is 0.0951. The highest BCUT2D eigenvalue weighted by atomic mass is 33.1. The molecule has 0 aliphatic carbocycles. The maximum absolute atomic E-state index is 11.8. The number of amides is 2. The Hall–Kier alpha value is -0.360. The van der Waals surface area contributed by atoms with Crippen molar-refractivity contribution in [3.63, 3.8) is 0 Å². The van der Waals surface area contributed by atoms with Crippen molar-refractivity contribution in [2.75, 3.05) is 25.4 Å². The topological polar surface area (TPSA) is 49.4 Å². The predicted octanol–water partition coefficient (Wildman–Crippen LogP) is 2.83. The van der Waals surface area contributed by atoms with Gasteiger partial charge in [-0.05, 0) is 32.1 Å². The number of carbonyl (C=O) groups excluding carboxylic acids is 2. The van der Waals surface area contributed by atoms with Crippen LogP contribution < -0.4 is 5.32 Å². The molecule has 21 heavy (non-hydrogen) atoms. The first-order valence-corrected chi connectivity index (χ1v) is 10.5. The first kappa shape index (κ1) is 17.0. The number of rotatable bonds is 8. The highest BCUT2D eigenvalue weighted by Gasteiger charge is 2.18. The van der Waals surface area contributed by atoms with Gasteiger partial charge in [0.25, 0.3) is 0 Å². The van der Waals surface area contributed by atoms with Gasteiger partial charge in [-0.3, -0.25) is 9.59 Å². The second-order valence-corrected chi connectivity index (χ2v) is 8.55. The first-order valence-electron chi connectivity index (χ1n) is 8.08. The molecule has 2 fully saturated rings. The average Bonchev–Trinajstić information content (AvgIpc) is 3.16. The Kier molecular flexibility index (Phi) is 7.78. The molecule has 1 atom stereocenters. The lowest BCUT2D eigenvalue weighted by Gasteiger charge is -2.15. The molecular weight excluding hydrogens is 304 g/mol. The molecule has 1 N–H and O–H groups in total. The van der Waals surface area contributed by atoms with E-state index in [2.05, 4.69) is 5.32 Å². The van der Waals surface area contributed by atoms with Crippen LogP contribution in [0.5, 0.6) is 0 Å². The molecule has 2 rings (SSSR count). The number of nitrogens with zero attached hydrogens (tertiary/aromatic N) is 1. The van der Waals surface area contributed by atoms with Gasteiger partial charge >= 0.3 is 0 Å². The minimum Gasteiger partial charge on any atom is -0.356 e. The Morgan fingerprint density at radius 3 is 2.67 bits per heavy atom. The molecule has 2 saturated heterocycles. The van der Waals surface area contributed by atoms with E-state index >= 15 is 0 Å². The third-order valence-corrected chi connectivity index (χ3v) is 7.03. The SMILES string of the molecule is O=C(CCCCC1CCSS1)NCCC(=O)N1CCCC1. The quantitative estimate of drug-likeness (QED) is 0.549. The summed E-state index contributed by atoms with van der Waals surface area (Å²) in [5, 5.41) is 3.67. The van der Waals surface area contributed by atoms with Crippen molar-refractivity contribution in [3.8, 4) is 0 Å². The highest BCUT2D eigenvalue weighted by Crippen LogP contribution is 2.39. The molecular formula is C15H26N2O2S2. The van der Waals surface area contributed by atoms with E-state index in [4.69, 9.17) is 0 Å². The third kappa shape index (κ3) is 6.51. The van der Waals surface area contributed by atoms with Gasteiger partial charge in [-0.15, -0.1) is 0 Å². The number of hydrogen-bond donors (Lipinski definition) is 1. The largest absolute Gasteiger partial charge is 0.356 e. The summed E-state index contributed by atoms with van der Waals surface area (Å²) in [6, 6.07) is 0. The molecule has 1 unspecified atom stereocenters. The zero-order chi connectivity index (χ0) is 14.9. The van der Waals surface area contributed by atoms with Crippen LogP contribution in [0.2, 0.25) is 0 Å². The van der Waals surface area contributed by atoms with E-state index in [9.17, 15) is 9.59 Å². The molecule has 0 saturated carbocycles. The van der Waals surface area contributed by atoms with Gasteiger partial charge in [0, 0.05) is 43.5 Å². The van der Waals surface area contributed by atoms with Gasteiger partial charge in [-0.25, -0.2) is 0 Å². The van der Waals surface area contributed by atoms with Gasteiger partial charge in [0.05, 0.1) is 0 Å². The zero-order valence-electron chi connectivity index (χ0n) is 12.6. The highest BCUT2D eigenvalue weighted by molar-refractivity contribution is 8.77. The molecule has 0 aromatic heterocycles. The third-order valence-electron chi connectivity index (χ3n) is 4.03. The summed E-state index contributed by atoms with van der Waals surface area (Å²) in [6.45, 7) is 2.28. The number of nitrogens with one attached hydrogen (secondary N) is 1. The average molecular weight is 331 g/mol. The van der Waals surface area contributed by atoms with Crippen LogP contribution in [0.4, 0.5) is 0 Å². The van der Waals surface area contributed by atoms with Crippen LogP contribution in [-0.4, -0.2) is 47.4 Å². The van der Waals surface area contributed by atoms with Crippen molar-refractivity contribution in [2.24, 2.45) is 0 Å². The van der Waals surface area contributed by atoms with Crippen LogP contribution in [0, 0.1) is 0 Å². The number of carbonyl (C=O) groups is 2. The Labute approximate surface area is 135 Å². The van der Waals surface area contributed by atoms with Crippen molar-refractivity contribution in [3.05, 3.63) is 0 Å². The van der Waals surface area contributed by atoms with E-state index in [1.165, 1.54) is 18.6 Å². The van der Waals surface area contributed by atoms with Gasteiger partial charge in [0.15, 0.2) is 0 Å². The molecule has 0 spiro atoms. The van der Waals surface area contributed by atoms with Crippen molar-refractivity contribution in [2.45, 2.75) is 56.6 Å². The van der Waals surface area contributed by atoms with Crippen molar-refractivity contribution < 1.29 is 9.59 Å². The van der Waals surface area contributed by atoms with Gasteiger partial charge in [-0.2, -0.15) is 0 Å². The van der Waals surface area contributed by atoms with Gasteiger partial charge in [0.2, 0.25) is 11.8 Å². The fourth-order valence-electron chi connectivity index (χ4n) is 2.74. The van der Waals surface area contributed by atoms with E-state index in [1.807, 2.05) is 26.5 Å². The molecule has 2 amide bonds. The Morgan fingerprint density at radius 2 is 1.95 bits per heavy atom. The molecule has 2 heterocycles. The van der Waals surface area contributed by atoms with E-state index in [0.717, 1.165) is 44.0 Å². The van der Waals surface area contributed by atoms with E-state index in [0.29, 0.717) is 19.4 Å².